The number of rotatable bonds is 5. The fourth-order valence-corrected chi connectivity index (χ4v) is 0.425. The molecule has 0 saturated heterocycles. The van der Waals surface area contributed by atoms with Crippen LogP contribution in [0.4, 0.5) is 0 Å². The van der Waals surface area contributed by atoms with Gasteiger partial charge in [-0.15, -0.1) is 0 Å². The van der Waals surface area contributed by atoms with E-state index in [2.05, 4.69) is 0 Å². The van der Waals surface area contributed by atoms with Crippen molar-refractivity contribution in [2.75, 3.05) is 6.54 Å². The summed E-state index contributed by atoms with van der Waals surface area (Å²) in [6, 6.07) is 0. The fraction of sp³-hybridized carbons (Fsp3) is 0.800. The Labute approximate surface area is 48.7 Å². The zero-order valence-electron chi connectivity index (χ0n) is 4.72. The Balaban J connectivity index is 2.62. The third-order valence-corrected chi connectivity index (χ3v) is 0.851. The molecule has 0 aromatic heterocycles. The van der Waals surface area contributed by atoms with Crippen LogP contribution in [0.2, 0.25) is 0 Å². The van der Waals surface area contributed by atoms with Crippen molar-refractivity contribution in [1.29, 1.82) is 0 Å². The van der Waals surface area contributed by atoms with Crippen molar-refractivity contribution < 1.29 is 4.79 Å². The van der Waals surface area contributed by atoms with E-state index in [1.54, 1.807) is 5.48 Å². The van der Waals surface area contributed by atoms with E-state index in [9.17, 15) is 10.0 Å². The summed E-state index contributed by atoms with van der Waals surface area (Å²) < 4.78 is 0. The first-order valence-corrected chi connectivity index (χ1v) is 2.70. The normalized spacial score (nSPS) is 9.12. The molecule has 0 aliphatic rings. The van der Waals surface area contributed by atoms with Gasteiger partial charge in [0.25, 0.3) is 0 Å². The van der Waals surface area contributed by atoms with Gasteiger partial charge in [0.15, 0.2) is 0 Å². The van der Waals surface area contributed by atoms with Crippen molar-refractivity contribution in [3.8, 4) is 0 Å². The quantitative estimate of drug-likeness (QED) is 0.322. The highest BCUT2D eigenvalue weighted by atomic mass is 16.5. The van der Waals surface area contributed by atoms with Crippen molar-refractivity contribution >= 4 is 6.29 Å². The van der Waals surface area contributed by atoms with Crippen LogP contribution in [-0.2, 0) is 4.79 Å². The number of hydroxylamine groups is 1. The Morgan fingerprint density at radius 3 is 2.75 bits per heavy atom. The van der Waals surface area contributed by atoms with E-state index in [1.807, 2.05) is 0 Å². The first kappa shape index (κ1) is 7.59. The molecule has 1 N–H and O–H groups in total. The van der Waals surface area contributed by atoms with Crippen LogP contribution >= 0.6 is 0 Å². The van der Waals surface area contributed by atoms with E-state index >= 15 is 0 Å². The molecule has 0 spiro atoms. The molecule has 8 heavy (non-hydrogen) atoms. The maximum atomic E-state index is 9.67. The number of hydrogen-bond acceptors (Lipinski definition) is 3. The van der Waals surface area contributed by atoms with Crippen LogP contribution in [0.5, 0.6) is 0 Å². The summed E-state index contributed by atoms with van der Waals surface area (Å²) in [5.74, 6) is 0. The Morgan fingerprint density at radius 1 is 1.50 bits per heavy atom. The Kier molecular flexibility index (Phi) is 6.25. The fourth-order valence-electron chi connectivity index (χ4n) is 0.425. The second kappa shape index (κ2) is 6.59. The molecule has 0 fully saturated rings. The summed E-state index contributed by atoms with van der Waals surface area (Å²) in [5.41, 5.74) is 1.76. The van der Waals surface area contributed by atoms with E-state index in [0.29, 0.717) is 13.0 Å². The van der Waals surface area contributed by atoms with E-state index in [1.165, 1.54) is 0 Å². The molecule has 0 atom stereocenters. The van der Waals surface area contributed by atoms with Gasteiger partial charge >= 0.3 is 0 Å². The van der Waals surface area contributed by atoms with Crippen molar-refractivity contribution in [3.63, 3.8) is 0 Å². The highest BCUT2D eigenvalue weighted by Crippen LogP contribution is 1.88. The summed E-state index contributed by atoms with van der Waals surface area (Å²) >= 11 is 0. The molecule has 0 radical (unpaired) electrons. The summed E-state index contributed by atoms with van der Waals surface area (Å²) in [7, 11) is 0. The molecule has 0 aromatic rings. The van der Waals surface area contributed by atoms with Crippen molar-refractivity contribution in [2.24, 2.45) is 0 Å². The average Bonchev–Trinajstić information content (AvgIpc) is 1.81. The van der Waals surface area contributed by atoms with Crippen LogP contribution in [0.1, 0.15) is 19.3 Å². The van der Waals surface area contributed by atoms with E-state index in [4.69, 9.17) is 0 Å². The first-order valence-electron chi connectivity index (χ1n) is 2.70. The lowest BCUT2D eigenvalue weighted by Crippen LogP contribution is -2.04. The summed E-state index contributed by atoms with van der Waals surface area (Å²) in [5, 5.41) is 9.55. The van der Waals surface area contributed by atoms with Gasteiger partial charge in [0, 0.05) is 6.42 Å². The van der Waals surface area contributed by atoms with E-state index < -0.39 is 0 Å². The third-order valence-electron chi connectivity index (χ3n) is 0.851. The van der Waals surface area contributed by atoms with Gasteiger partial charge in [-0.3, -0.25) is 0 Å². The second-order valence-electron chi connectivity index (χ2n) is 1.56. The maximum Gasteiger partial charge on any atom is 0.119 e. The summed E-state index contributed by atoms with van der Waals surface area (Å²) in [6.07, 6.45) is 3.05. The first-order chi connectivity index (χ1) is 3.91. The third kappa shape index (κ3) is 5.59. The Morgan fingerprint density at radius 2 is 2.25 bits per heavy atom. The van der Waals surface area contributed by atoms with Crippen molar-refractivity contribution in [2.45, 2.75) is 19.3 Å². The van der Waals surface area contributed by atoms with Crippen LogP contribution < -0.4 is 5.48 Å². The van der Waals surface area contributed by atoms with Crippen molar-refractivity contribution in [1.82, 2.24) is 5.48 Å². The number of carbonyl (C=O) groups is 1. The van der Waals surface area contributed by atoms with Gasteiger partial charge in [-0.2, -0.15) is 0 Å². The molecule has 0 aliphatic heterocycles. The monoisotopic (exact) mass is 116 g/mol. The number of aldehydes is 1. The van der Waals surface area contributed by atoms with Crippen LogP contribution in [-0.4, -0.2) is 12.8 Å². The minimum Gasteiger partial charge on any atom is -0.788 e. The Bertz CT molecular complexity index is 56.4. The highest BCUT2D eigenvalue weighted by Gasteiger charge is 1.81. The van der Waals surface area contributed by atoms with Gasteiger partial charge in [-0.05, 0) is 19.4 Å². The lowest BCUT2D eigenvalue weighted by atomic mass is 10.2. The molecule has 0 unspecified atom stereocenters. The van der Waals surface area contributed by atoms with Gasteiger partial charge < -0.3 is 15.5 Å². The maximum absolute atomic E-state index is 9.67. The molecule has 0 aromatic carbocycles. The van der Waals surface area contributed by atoms with E-state index in [0.717, 1.165) is 19.1 Å². The molecule has 0 amide bonds. The number of hydrogen-bond donors (Lipinski definition) is 1. The molecular formula is C5H10NO2-. The zero-order chi connectivity index (χ0) is 6.24. The zero-order valence-corrected chi connectivity index (χ0v) is 4.72. The summed E-state index contributed by atoms with van der Waals surface area (Å²) in [6.45, 7) is 0.466. The standard InChI is InChI=1S/C5H10NO2/c7-5-3-1-2-4-6-8/h5-6H,1-4H2/q-1. The predicted molar refractivity (Wildman–Crippen MR) is 31.3 cm³/mol. The molecule has 48 valence electrons. The molecular weight excluding hydrogens is 106 g/mol. The minimum absolute atomic E-state index is 0.466. The molecule has 0 heterocycles. The lowest BCUT2D eigenvalue weighted by molar-refractivity contribution is -0.107. The van der Waals surface area contributed by atoms with Crippen LogP contribution in [0.3, 0.4) is 0 Å². The van der Waals surface area contributed by atoms with Gasteiger partial charge in [0.05, 0.1) is 0 Å². The van der Waals surface area contributed by atoms with Gasteiger partial charge in [-0.25, -0.2) is 0 Å². The molecule has 3 nitrogen and oxygen atoms in total. The number of carbonyl (C=O) groups excluding carboxylic acids is 1. The number of unbranched alkanes of at least 4 members (excludes halogenated alkanes) is 2. The molecule has 3 heteroatoms. The predicted octanol–water partition coefficient (Wildman–Crippen LogP) is 0.443. The highest BCUT2D eigenvalue weighted by molar-refractivity contribution is 5.48. The molecule has 0 bridgehead atoms. The largest absolute Gasteiger partial charge is 0.788 e. The topological polar surface area (TPSA) is 52.2 Å². The van der Waals surface area contributed by atoms with Gasteiger partial charge in [0.1, 0.15) is 6.29 Å². The second-order valence-corrected chi connectivity index (χ2v) is 1.56. The van der Waals surface area contributed by atoms with Crippen LogP contribution in [0.25, 0.3) is 0 Å². The molecule has 0 aliphatic carbocycles. The van der Waals surface area contributed by atoms with Gasteiger partial charge in [0.2, 0.25) is 0 Å². The molecule has 0 saturated carbocycles. The smallest absolute Gasteiger partial charge is 0.119 e. The van der Waals surface area contributed by atoms with Crippen LogP contribution in [0.15, 0.2) is 0 Å². The lowest BCUT2D eigenvalue weighted by Gasteiger charge is -2.03. The van der Waals surface area contributed by atoms with Crippen LogP contribution in [0, 0.1) is 5.21 Å². The number of nitrogens with one attached hydrogen (secondary N) is 1. The summed E-state index contributed by atoms with van der Waals surface area (Å²) in [4.78, 5) is 9.67. The SMILES string of the molecule is O=CCCCCN[O-]. The average molecular weight is 116 g/mol. The van der Waals surface area contributed by atoms with E-state index in [-0.39, 0.29) is 0 Å². The Hall–Kier alpha value is -0.410. The minimum atomic E-state index is 0.466. The van der Waals surface area contributed by atoms with Gasteiger partial charge in [-0.1, -0.05) is 0 Å². The van der Waals surface area contributed by atoms with Crippen molar-refractivity contribution in [3.05, 3.63) is 5.21 Å². The molecule has 0 rings (SSSR count).